The molecule has 2 rings (SSSR count). The molecule has 2 aromatic rings. The van der Waals surface area contributed by atoms with Gasteiger partial charge < -0.3 is 14.8 Å². The molecule has 0 fully saturated rings. The molecule has 102 valence electrons. The Kier molecular flexibility index (Phi) is 4.34. The summed E-state index contributed by atoms with van der Waals surface area (Å²) in [6, 6.07) is 12.6. The van der Waals surface area contributed by atoms with Crippen LogP contribution >= 0.6 is 11.6 Å². The predicted octanol–water partition coefficient (Wildman–Crippen LogP) is 3.97. The summed E-state index contributed by atoms with van der Waals surface area (Å²) in [5.74, 6) is 1.33. The van der Waals surface area contributed by atoms with Crippen molar-refractivity contribution < 1.29 is 9.47 Å². The molecule has 0 spiro atoms. The Morgan fingerprint density at radius 3 is 2.25 bits per heavy atom. The summed E-state index contributed by atoms with van der Waals surface area (Å²) in [7, 11) is 3.17. The molecule has 2 aromatic carbocycles. The number of nitriles is 1. The van der Waals surface area contributed by atoms with Crippen LogP contribution in [0.2, 0.25) is 5.02 Å². The normalized spacial score (nSPS) is 9.70. The van der Waals surface area contributed by atoms with E-state index in [0.29, 0.717) is 27.8 Å². The van der Waals surface area contributed by atoms with Crippen LogP contribution in [0.3, 0.4) is 0 Å². The van der Waals surface area contributed by atoms with Gasteiger partial charge in [-0.25, -0.2) is 0 Å². The molecule has 0 aliphatic heterocycles. The van der Waals surface area contributed by atoms with Crippen molar-refractivity contribution in [3.05, 3.63) is 47.0 Å². The summed E-state index contributed by atoms with van der Waals surface area (Å²) in [5, 5.41) is 12.8. The van der Waals surface area contributed by atoms with E-state index in [1.54, 1.807) is 38.5 Å². The molecular weight excluding hydrogens is 276 g/mol. The van der Waals surface area contributed by atoms with Crippen LogP contribution in [0, 0.1) is 11.3 Å². The fraction of sp³-hybridized carbons (Fsp3) is 0.133. The molecule has 0 bridgehead atoms. The maximum atomic E-state index is 9.12. The van der Waals surface area contributed by atoms with Crippen molar-refractivity contribution in [2.24, 2.45) is 0 Å². The maximum absolute atomic E-state index is 9.12. The van der Waals surface area contributed by atoms with Crippen molar-refractivity contribution in [2.45, 2.75) is 0 Å². The topological polar surface area (TPSA) is 54.3 Å². The Morgan fingerprint density at radius 2 is 1.70 bits per heavy atom. The van der Waals surface area contributed by atoms with Gasteiger partial charge in [0.2, 0.25) is 0 Å². The number of rotatable bonds is 4. The van der Waals surface area contributed by atoms with E-state index in [2.05, 4.69) is 11.4 Å². The standard InChI is InChI=1S/C15H13ClN2O2/c1-19-13-6-12(7-14(8-13)20-2)18-15-4-3-11(16)5-10(15)9-17/h3-8,18H,1-2H3. The summed E-state index contributed by atoms with van der Waals surface area (Å²) in [5.41, 5.74) is 1.91. The number of methoxy groups -OCH3 is 2. The van der Waals surface area contributed by atoms with Gasteiger partial charge in [0.1, 0.15) is 17.6 Å². The minimum Gasteiger partial charge on any atom is -0.497 e. The second kappa shape index (κ2) is 6.18. The van der Waals surface area contributed by atoms with Crippen LogP contribution in [0.1, 0.15) is 5.56 Å². The first-order valence-electron chi connectivity index (χ1n) is 5.86. The van der Waals surface area contributed by atoms with Crippen LogP contribution < -0.4 is 14.8 Å². The smallest absolute Gasteiger partial charge is 0.124 e. The number of hydrogen-bond acceptors (Lipinski definition) is 4. The second-order valence-electron chi connectivity index (χ2n) is 4.03. The number of anilines is 2. The van der Waals surface area contributed by atoms with Gasteiger partial charge in [0.25, 0.3) is 0 Å². The largest absolute Gasteiger partial charge is 0.497 e. The van der Waals surface area contributed by atoms with Gasteiger partial charge in [-0.2, -0.15) is 5.26 Å². The van der Waals surface area contributed by atoms with Gasteiger partial charge in [0.05, 0.1) is 25.5 Å². The highest BCUT2D eigenvalue weighted by Gasteiger charge is 2.06. The van der Waals surface area contributed by atoms with Crippen molar-refractivity contribution in [3.8, 4) is 17.6 Å². The maximum Gasteiger partial charge on any atom is 0.124 e. The first-order valence-corrected chi connectivity index (χ1v) is 6.24. The van der Waals surface area contributed by atoms with Crippen molar-refractivity contribution in [3.63, 3.8) is 0 Å². The van der Waals surface area contributed by atoms with Crippen molar-refractivity contribution >= 4 is 23.0 Å². The van der Waals surface area contributed by atoms with Crippen molar-refractivity contribution in [1.82, 2.24) is 0 Å². The van der Waals surface area contributed by atoms with E-state index in [-0.39, 0.29) is 0 Å². The molecule has 0 heterocycles. The molecule has 4 nitrogen and oxygen atoms in total. The van der Waals surface area contributed by atoms with E-state index in [4.69, 9.17) is 26.3 Å². The van der Waals surface area contributed by atoms with E-state index in [0.717, 1.165) is 5.69 Å². The number of benzene rings is 2. The predicted molar refractivity (Wildman–Crippen MR) is 79.0 cm³/mol. The van der Waals surface area contributed by atoms with Gasteiger partial charge in [-0.3, -0.25) is 0 Å². The Hall–Kier alpha value is -2.38. The van der Waals surface area contributed by atoms with Crippen LogP contribution in [-0.2, 0) is 0 Å². The first-order chi connectivity index (χ1) is 9.66. The fourth-order valence-electron chi connectivity index (χ4n) is 1.75. The summed E-state index contributed by atoms with van der Waals surface area (Å²) >= 11 is 5.88. The molecule has 0 aliphatic rings. The van der Waals surface area contributed by atoms with Crippen molar-refractivity contribution in [1.29, 1.82) is 5.26 Å². The van der Waals surface area contributed by atoms with Crippen LogP contribution in [0.5, 0.6) is 11.5 Å². The number of nitrogens with one attached hydrogen (secondary N) is 1. The van der Waals surface area contributed by atoms with Crippen LogP contribution in [-0.4, -0.2) is 14.2 Å². The summed E-state index contributed by atoms with van der Waals surface area (Å²) < 4.78 is 10.4. The third-order valence-electron chi connectivity index (χ3n) is 2.73. The molecule has 0 saturated carbocycles. The molecule has 0 aliphatic carbocycles. The molecule has 0 unspecified atom stereocenters. The summed E-state index contributed by atoms with van der Waals surface area (Å²) in [6.07, 6.45) is 0. The van der Waals surface area contributed by atoms with Gasteiger partial charge in [0.15, 0.2) is 0 Å². The minimum absolute atomic E-state index is 0.472. The zero-order valence-corrected chi connectivity index (χ0v) is 11.9. The van der Waals surface area contributed by atoms with Gasteiger partial charge in [-0.1, -0.05) is 11.6 Å². The molecule has 20 heavy (non-hydrogen) atoms. The van der Waals surface area contributed by atoms with E-state index in [1.165, 1.54) is 0 Å². The Labute approximate surface area is 122 Å². The molecule has 0 atom stereocenters. The van der Waals surface area contributed by atoms with E-state index >= 15 is 0 Å². The fourth-order valence-corrected chi connectivity index (χ4v) is 1.93. The van der Waals surface area contributed by atoms with Crippen molar-refractivity contribution in [2.75, 3.05) is 19.5 Å². The monoisotopic (exact) mass is 288 g/mol. The molecular formula is C15H13ClN2O2. The second-order valence-corrected chi connectivity index (χ2v) is 4.46. The summed E-state index contributed by atoms with van der Waals surface area (Å²) in [4.78, 5) is 0. The lowest BCUT2D eigenvalue weighted by Crippen LogP contribution is -1.95. The Morgan fingerprint density at radius 1 is 1.05 bits per heavy atom. The third kappa shape index (κ3) is 3.14. The zero-order valence-electron chi connectivity index (χ0n) is 11.1. The van der Waals surface area contributed by atoms with Gasteiger partial charge >= 0.3 is 0 Å². The average Bonchev–Trinajstić information content (AvgIpc) is 2.48. The van der Waals surface area contributed by atoms with Crippen LogP contribution in [0.4, 0.5) is 11.4 Å². The molecule has 5 heteroatoms. The quantitative estimate of drug-likeness (QED) is 0.925. The van der Waals surface area contributed by atoms with Gasteiger partial charge in [-0.05, 0) is 18.2 Å². The molecule has 1 N–H and O–H groups in total. The average molecular weight is 289 g/mol. The van der Waals surface area contributed by atoms with Gasteiger partial charge in [0, 0.05) is 28.9 Å². The summed E-state index contributed by atoms with van der Waals surface area (Å²) in [6.45, 7) is 0. The minimum atomic E-state index is 0.472. The van der Waals surface area contributed by atoms with E-state index < -0.39 is 0 Å². The lowest BCUT2D eigenvalue weighted by molar-refractivity contribution is 0.395. The Balaban J connectivity index is 2.37. The number of nitrogens with zero attached hydrogens (tertiary/aromatic N) is 1. The number of hydrogen-bond donors (Lipinski definition) is 1. The Bertz CT molecular complexity index is 643. The molecule has 0 saturated heterocycles. The molecule has 0 radical (unpaired) electrons. The highest BCUT2D eigenvalue weighted by atomic mass is 35.5. The lowest BCUT2D eigenvalue weighted by Gasteiger charge is -2.12. The highest BCUT2D eigenvalue weighted by Crippen LogP contribution is 2.29. The third-order valence-corrected chi connectivity index (χ3v) is 2.97. The van der Waals surface area contributed by atoms with E-state index in [9.17, 15) is 0 Å². The number of ether oxygens (including phenoxy) is 2. The lowest BCUT2D eigenvalue weighted by atomic mass is 10.2. The van der Waals surface area contributed by atoms with Crippen LogP contribution in [0.25, 0.3) is 0 Å². The SMILES string of the molecule is COc1cc(Nc2ccc(Cl)cc2C#N)cc(OC)c1. The first kappa shape index (κ1) is 14.0. The van der Waals surface area contributed by atoms with Crippen LogP contribution in [0.15, 0.2) is 36.4 Å². The number of halogens is 1. The van der Waals surface area contributed by atoms with Gasteiger partial charge in [-0.15, -0.1) is 0 Å². The molecule has 0 aromatic heterocycles. The molecule has 0 amide bonds. The zero-order chi connectivity index (χ0) is 14.5. The van der Waals surface area contributed by atoms with E-state index in [1.807, 2.05) is 12.1 Å². The highest BCUT2D eigenvalue weighted by molar-refractivity contribution is 6.30.